The van der Waals surface area contributed by atoms with Crippen LogP contribution in [0.3, 0.4) is 0 Å². The zero-order valence-corrected chi connectivity index (χ0v) is 16.1. The largest absolute Gasteiger partial charge is 0.492 e. The number of fused-ring (bicyclic) bond motifs is 5. The molecule has 0 aliphatic carbocycles. The fourth-order valence-electron chi connectivity index (χ4n) is 5.38. The minimum atomic E-state index is -0.116. The van der Waals surface area contributed by atoms with E-state index in [0.717, 1.165) is 49.3 Å². The van der Waals surface area contributed by atoms with Gasteiger partial charge in [0.15, 0.2) is 11.5 Å². The van der Waals surface area contributed by atoms with Crippen LogP contribution in [0.4, 0.5) is 5.69 Å². The van der Waals surface area contributed by atoms with Crippen LogP contribution in [0.2, 0.25) is 0 Å². The van der Waals surface area contributed by atoms with Crippen LogP contribution in [0.25, 0.3) is 0 Å². The van der Waals surface area contributed by atoms with E-state index in [0.29, 0.717) is 19.8 Å². The second-order valence-electron chi connectivity index (χ2n) is 8.45. The van der Waals surface area contributed by atoms with Crippen molar-refractivity contribution in [2.45, 2.75) is 18.3 Å². The number of nitrogens with one attached hydrogen (secondary N) is 1. The summed E-state index contributed by atoms with van der Waals surface area (Å²) >= 11 is 0. The van der Waals surface area contributed by atoms with Crippen LogP contribution < -0.4 is 24.4 Å². The van der Waals surface area contributed by atoms with E-state index in [-0.39, 0.29) is 5.41 Å². The van der Waals surface area contributed by atoms with Gasteiger partial charge >= 0.3 is 0 Å². The van der Waals surface area contributed by atoms with Crippen molar-refractivity contribution < 1.29 is 14.2 Å². The van der Waals surface area contributed by atoms with Crippen molar-refractivity contribution in [2.24, 2.45) is 5.92 Å². The van der Waals surface area contributed by atoms with E-state index in [1.54, 1.807) is 0 Å². The van der Waals surface area contributed by atoms with Crippen LogP contribution in [-0.4, -0.2) is 46.0 Å². The van der Waals surface area contributed by atoms with Crippen molar-refractivity contribution in [3.63, 3.8) is 0 Å². The highest BCUT2D eigenvalue weighted by molar-refractivity contribution is 5.70. The van der Waals surface area contributed by atoms with Crippen molar-refractivity contribution in [2.75, 3.05) is 50.9 Å². The van der Waals surface area contributed by atoms with Gasteiger partial charge in [-0.25, -0.2) is 0 Å². The van der Waals surface area contributed by atoms with E-state index < -0.39 is 0 Å². The SMILES string of the molecule is c1ccc2c(c1)N(CC1CCNCC1)CC21COc2cc3c(cc21)OCCO3. The lowest BCUT2D eigenvalue weighted by Crippen LogP contribution is -2.40. The molecule has 146 valence electrons. The summed E-state index contributed by atoms with van der Waals surface area (Å²) < 4.78 is 17.9. The van der Waals surface area contributed by atoms with Crippen LogP contribution in [0.15, 0.2) is 36.4 Å². The molecule has 4 heterocycles. The van der Waals surface area contributed by atoms with Gasteiger partial charge in [-0.1, -0.05) is 18.2 Å². The zero-order valence-electron chi connectivity index (χ0n) is 16.1. The molecule has 6 rings (SSSR count). The average Bonchev–Trinajstić information content (AvgIpc) is 3.26. The Kier molecular flexibility index (Phi) is 3.73. The van der Waals surface area contributed by atoms with Gasteiger partial charge in [0.25, 0.3) is 0 Å². The molecule has 0 bridgehead atoms. The van der Waals surface area contributed by atoms with E-state index in [1.807, 2.05) is 6.07 Å². The lowest BCUT2D eigenvalue weighted by Gasteiger charge is -2.30. The average molecular weight is 378 g/mol. The summed E-state index contributed by atoms with van der Waals surface area (Å²) in [7, 11) is 0. The molecule has 1 unspecified atom stereocenters. The summed E-state index contributed by atoms with van der Waals surface area (Å²) in [6.07, 6.45) is 2.52. The van der Waals surface area contributed by atoms with Crippen LogP contribution in [0.1, 0.15) is 24.0 Å². The quantitative estimate of drug-likeness (QED) is 0.870. The van der Waals surface area contributed by atoms with Gasteiger partial charge in [-0.05, 0) is 49.5 Å². The summed E-state index contributed by atoms with van der Waals surface area (Å²) in [5, 5.41) is 3.49. The number of hydrogen-bond acceptors (Lipinski definition) is 5. The summed E-state index contributed by atoms with van der Waals surface area (Å²) in [6.45, 7) is 6.28. The summed E-state index contributed by atoms with van der Waals surface area (Å²) in [5.74, 6) is 3.36. The molecule has 5 nitrogen and oxygen atoms in total. The first-order chi connectivity index (χ1) is 13.8. The summed E-state index contributed by atoms with van der Waals surface area (Å²) in [6, 6.07) is 13.1. The topological polar surface area (TPSA) is 43.0 Å². The molecule has 1 fully saturated rings. The molecule has 0 radical (unpaired) electrons. The standard InChI is InChI=1S/C23H26N2O3/c1-2-4-19-17(3-1)23(14-25(19)13-16-5-7-24-8-6-16)15-28-20-12-22-21(11-18(20)23)26-9-10-27-22/h1-4,11-12,16,24H,5-10,13-15H2. The van der Waals surface area contributed by atoms with Gasteiger partial charge in [0.1, 0.15) is 25.6 Å². The first kappa shape index (κ1) is 16.5. The summed E-state index contributed by atoms with van der Waals surface area (Å²) in [4.78, 5) is 2.60. The van der Waals surface area contributed by atoms with E-state index in [1.165, 1.54) is 29.7 Å². The maximum Gasteiger partial charge on any atom is 0.165 e. The Morgan fingerprint density at radius 3 is 2.57 bits per heavy atom. The number of ether oxygens (including phenoxy) is 3. The first-order valence-corrected chi connectivity index (χ1v) is 10.5. The number of hydrogen-bond donors (Lipinski definition) is 1. The first-order valence-electron chi connectivity index (χ1n) is 10.5. The third-order valence-electron chi connectivity index (χ3n) is 6.79. The Morgan fingerprint density at radius 1 is 0.929 bits per heavy atom. The number of piperidine rings is 1. The molecular formula is C23H26N2O3. The third-order valence-corrected chi connectivity index (χ3v) is 6.79. The van der Waals surface area contributed by atoms with E-state index in [9.17, 15) is 0 Å². The molecule has 1 saturated heterocycles. The number of rotatable bonds is 2. The predicted molar refractivity (Wildman–Crippen MR) is 108 cm³/mol. The molecule has 0 aromatic heterocycles. The third kappa shape index (κ3) is 2.42. The highest BCUT2D eigenvalue weighted by Crippen LogP contribution is 2.54. The van der Waals surface area contributed by atoms with Crippen LogP contribution in [0, 0.1) is 5.92 Å². The van der Waals surface area contributed by atoms with Crippen molar-refractivity contribution in [1.82, 2.24) is 5.32 Å². The van der Waals surface area contributed by atoms with Gasteiger partial charge < -0.3 is 24.4 Å². The minimum absolute atomic E-state index is 0.116. The Morgan fingerprint density at radius 2 is 1.71 bits per heavy atom. The highest BCUT2D eigenvalue weighted by atomic mass is 16.6. The maximum atomic E-state index is 6.23. The van der Waals surface area contributed by atoms with Crippen molar-refractivity contribution in [1.29, 1.82) is 0 Å². The molecular weight excluding hydrogens is 352 g/mol. The lowest BCUT2D eigenvalue weighted by atomic mass is 9.77. The maximum absolute atomic E-state index is 6.23. The predicted octanol–water partition coefficient (Wildman–Crippen LogP) is 2.96. The minimum Gasteiger partial charge on any atom is -0.492 e. The van der Waals surface area contributed by atoms with Gasteiger partial charge in [-0.2, -0.15) is 0 Å². The van der Waals surface area contributed by atoms with Crippen molar-refractivity contribution >= 4 is 5.69 Å². The Bertz CT molecular complexity index is 909. The monoisotopic (exact) mass is 378 g/mol. The molecule has 28 heavy (non-hydrogen) atoms. The Hall–Kier alpha value is -2.40. The number of anilines is 1. The molecule has 2 aromatic rings. The van der Waals surface area contributed by atoms with E-state index in [2.05, 4.69) is 40.5 Å². The molecule has 4 aliphatic rings. The molecule has 2 aromatic carbocycles. The smallest absolute Gasteiger partial charge is 0.165 e. The van der Waals surface area contributed by atoms with Crippen LogP contribution in [0.5, 0.6) is 17.2 Å². The van der Waals surface area contributed by atoms with Gasteiger partial charge in [-0.15, -0.1) is 0 Å². The molecule has 0 amide bonds. The van der Waals surface area contributed by atoms with Crippen LogP contribution in [-0.2, 0) is 5.41 Å². The number of benzene rings is 2. The fraction of sp³-hybridized carbons (Fsp3) is 0.478. The second kappa shape index (κ2) is 6.31. The lowest BCUT2D eigenvalue weighted by molar-refractivity contribution is 0.171. The second-order valence-corrected chi connectivity index (χ2v) is 8.45. The molecule has 4 aliphatic heterocycles. The molecule has 0 saturated carbocycles. The van der Waals surface area contributed by atoms with Gasteiger partial charge in [0.2, 0.25) is 0 Å². The van der Waals surface area contributed by atoms with Gasteiger partial charge in [0.05, 0.1) is 5.41 Å². The Balaban J connectivity index is 1.40. The van der Waals surface area contributed by atoms with Gasteiger partial charge in [-0.3, -0.25) is 0 Å². The zero-order chi connectivity index (χ0) is 18.6. The Labute approximate surface area is 165 Å². The number of para-hydroxylation sites is 1. The molecule has 5 heteroatoms. The number of nitrogens with zero attached hydrogens (tertiary/aromatic N) is 1. The van der Waals surface area contributed by atoms with Crippen molar-refractivity contribution in [3.05, 3.63) is 47.5 Å². The fourth-order valence-corrected chi connectivity index (χ4v) is 5.38. The van der Waals surface area contributed by atoms with Crippen LogP contribution >= 0.6 is 0 Å². The highest BCUT2D eigenvalue weighted by Gasteiger charge is 2.50. The van der Waals surface area contributed by atoms with E-state index in [4.69, 9.17) is 14.2 Å². The molecule has 1 atom stereocenters. The van der Waals surface area contributed by atoms with Gasteiger partial charge in [0, 0.05) is 30.4 Å². The van der Waals surface area contributed by atoms with Crippen molar-refractivity contribution in [3.8, 4) is 17.2 Å². The molecule has 1 spiro atoms. The van der Waals surface area contributed by atoms with E-state index >= 15 is 0 Å². The molecule has 1 N–H and O–H groups in total. The summed E-state index contributed by atoms with van der Waals surface area (Å²) in [5.41, 5.74) is 3.89. The normalized spacial score (nSPS) is 25.5.